The second kappa shape index (κ2) is 8.68. The summed E-state index contributed by atoms with van der Waals surface area (Å²) >= 11 is 5.79. The van der Waals surface area contributed by atoms with Gasteiger partial charge in [-0.3, -0.25) is 5.43 Å². The van der Waals surface area contributed by atoms with Gasteiger partial charge < -0.3 is 9.47 Å². The molecule has 0 radical (unpaired) electrons. The number of methoxy groups -OCH3 is 1. The third-order valence-corrected chi connectivity index (χ3v) is 5.13. The lowest BCUT2D eigenvalue weighted by Gasteiger charge is -2.10. The molecule has 9 heteroatoms. The molecule has 0 amide bonds. The Bertz CT molecular complexity index is 911. The van der Waals surface area contributed by atoms with Crippen LogP contribution in [0.15, 0.2) is 58.5 Å². The van der Waals surface area contributed by atoms with Gasteiger partial charge in [-0.1, -0.05) is 23.7 Å². The van der Waals surface area contributed by atoms with E-state index in [1.165, 1.54) is 31.4 Å². The third kappa shape index (κ3) is 4.53. The molecule has 0 spiro atoms. The first-order valence-electron chi connectivity index (χ1n) is 7.54. The zero-order chi connectivity index (χ0) is 19.2. The van der Waals surface area contributed by atoms with Crippen molar-refractivity contribution in [2.45, 2.75) is 11.8 Å². The number of ether oxygens (including phenoxy) is 2. The van der Waals surface area contributed by atoms with Crippen molar-refractivity contribution in [2.75, 3.05) is 19.1 Å². The van der Waals surface area contributed by atoms with Gasteiger partial charge in [0.2, 0.25) is 9.84 Å². The van der Waals surface area contributed by atoms with E-state index in [2.05, 4.69) is 10.5 Å². The molecule has 2 aromatic rings. The molecule has 0 unspecified atom stereocenters. The molecule has 26 heavy (non-hydrogen) atoms. The molecular weight excluding hydrogens is 380 g/mol. The van der Waals surface area contributed by atoms with Crippen LogP contribution in [0.4, 0.5) is 5.69 Å². The molecule has 0 aliphatic carbocycles. The van der Waals surface area contributed by atoms with E-state index >= 15 is 0 Å². The maximum absolute atomic E-state index is 12.8. The minimum absolute atomic E-state index is 0.00263. The monoisotopic (exact) mass is 396 g/mol. The van der Waals surface area contributed by atoms with Gasteiger partial charge in [0.25, 0.3) is 5.04 Å². The predicted molar refractivity (Wildman–Crippen MR) is 99.3 cm³/mol. The van der Waals surface area contributed by atoms with E-state index in [9.17, 15) is 13.2 Å². The Morgan fingerprint density at radius 2 is 1.81 bits per heavy atom. The molecule has 0 saturated heterocycles. The topological polar surface area (TPSA) is 94.1 Å². The minimum atomic E-state index is -4.22. The Morgan fingerprint density at radius 1 is 1.15 bits per heavy atom. The molecule has 0 saturated carbocycles. The van der Waals surface area contributed by atoms with Crippen LogP contribution in [0.1, 0.15) is 6.92 Å². The van der Waals surface area contributed by atoms with E-state index in [0.717, 1.165) is 0 Å². The number of hydrogen-bond acceptors (Lipinski definition) is 7. The Kier molecular flexibility index (Phi) is 6.59. The highest BCUT2D eigenvalue weighted by molar-refractivity contribution is 8.08. The molecule has 0 atom stereocenters. The zero-order valence-corrected chi connectivity index (χ0v) is 15.7. The second-order valence-electron chi connectivity index (χ2n) is 4.91. The standard InChI is InChI=1S/C17H17ClN2O5S/c1-3-25-17(21)16(20-19-14-6-4-5-7-15(14)24-2)26(22,23)13-10-8-12(18)9-11-13/h4-11,19H,3H2,1-2H3/b20-16+. The Balaban J connectivity index is 2.46. The number of rotatable bonds is 5. The lowest BCUT2D eigenvalue weighted by Crippen LogP contribution is -2.28. The highest BCUT2D eigenvalue weighted by Gasteiger charge is 2.31. The molecule has 0 aliphatic heterocycles. The highest BCUT2D eigenvalue weighted by atomic mass is 35.5. The smallest absolute Gasteiger partial charge is 0.371 e. The maximum atomic E-state index is 12.8. The summed E-state index contributed by atoms with van der Waals surface area (Å²) in [5, 5.41) is 3.38. The fourth-order valence-electron chi connectivity index (χ4n) is 1.98. The summed E-state index contributed by atoms with van der Waals surface area (Å²) in [6.07, 6.45) is 0. The largest absolute Gasteiger partial charge is 0.495 e. The van der Waals surface area contributed by atoms with Crippen molar-refractivity contribution in [3.05, 3.63) is 53.6 Å². The molecule has 0 fully saturated rings. The average molecular weight is 397 g/mol. The van der Waals surface area contributed by atoms with Crippen LogP contribution >= 0.6 is 11.6 Å². The summed E-state index contributed by atoms with van der Waals surface area (Å²) in [6.45, 7) is 1.57. The average Bonchev–Trinajstić information content (AvgIpc) is 2.62. The van der Waals surface area contributed by atoms with Crippen molar-refractivity contribution >= 4 is 38.1 Å². The maximum Gasteiger partial charge on any atom is 0.371 e. The van der Waals surface area contributed by atoms with Crippen LogP contribution < -0.4 is 10.2 Å². The first kappa shape index (κ1) is 19.7. The molecule has 0 bridgehead atoms. The van der Waals surface area contributed by atoms with Gasteiger partial charge in [0.1, 0.15) is 5.75 Å². The lowest BCUT2D eigenvalue weighted by molar-refractivity contribution is -0.134. The number of carbonyl (C=O) groups excluding carboxylic acids is 1. The third-order valence-electron chi connectivity index (χ3n) is 3.21. The van der Waals surface area contributed by atoms with Crippen molar-refractivity contribution in [1.29, 1.82) is 0 Å². The van der Waals surface area contributed by atoms with E-state index in [-0.39, 0.29) is 11.5 Å². The number of anilines is 1. The molecule has 138 valence electrons. The highest BCUT2D eigenvalue weighted by Crippen LogP contribution is 2.24. The van der Waals surface area contributed by atoms with Crippen molar-refractivity contribution in [1.82, 2.24) is 0 Å². The summed E-state index contributed by atoms with van der Waals surface area (Å²) in [5.74, 6) is -0.631. The molecule has 0 aromatic heterocycles. The SMILES string of the molecule is CCOC(=O)/C(=N\Nc1ccccc1OC)S(=O)(=O)c1ccc(Cl)cc1. The van der Waals surface area contributed by atoms with Gasteiger partial charge in [-0.05, 0) is 43.3 Å². The van der Waals surface area contributed by atoms with E-state index in [1.54, 1.807) is 31.2 Å². The number of hydrogen-bond donors (Lipinski definition) is 1. The number of para-hydroxylation sites is 2. The van der Waals surface area contributed by atoms with Crippen molar-refractivity contribution in [3.8, 4) is 5.75 Å². The quantitative estimate of drug-likeness (QED) is 0.361. The number of esters is 1. The van der Waals surface area contributed by atoms with Crippen LogP contribution in [0.5, 0.6) is 5.75 Å². The normalized spacial score (nSPS) is 11.7. The van der Waals surface area contributed by atoms with Crippen LogP contribution in [0.3, 0.4) is 0 Å². The van der Waals surface area contributed by atoms with Crippen molar-refractivity contribution in [3.63, 3.8) is 0 Å². The number of halogens is 1. The van der Waals surface area contributed by atoms with Crippen molar-refractivity contribution in [2.24, 2.45) is 5.10 Å². The Morgan fingerprint density at radius 3 is 2.42 bits per heavy atom. The lowest BCUT2D eigenvalue weighted by atomic mass is 10.3. The van der Waals surface area contributed by atoms with E-state index in [0.29, 0.717) is 16.5 Å². The molecule has 2 aromatic carbocycles. The van der Waals surface area contributed by atoms with E-state index < -0.39 is 20.9 Å². The van der Waals surface area contributed by atoms with Crippen LogP contribution in [0, 0.1) is 0 Å². The van der Waals surface area contributed by atoms with Crippen LogP contribution in [0.2, 0.25) is 5.02 Å². The summed E-state index contributed by atoms with van der Waals surface area (Å²) in [4.78, 5) is 12.0. The summed E-state index contributed by atoms with van der Waals surface area (Å²) in [5.41, 5.74) is 2.94. The van der Waals surface area contributed by atoms with Gasteiger partial charge in [0.05, 0.1) is 24.3 Å². The van der Waals surface area contributed by atoms with Gasteiger partial charge in [0, 0.05) is 5.02 Å². The number of carbonyl (C=O) groups is 1. The number of nitrogens with zero attached hydrogens (tertiary/aromatic N) is 1. The molecular formula is C17H17ClN2O5S. The number of benzene rings is 2. The van der Waals surface area contributed by atoms with E-state index in [4.69, 9.17) is 21.1 Å². The summed E-state index contributed by atoms with van der Waals surface area (Å²) in [7, 11) is -2.76. The molecule has 0 heterocycles. The molecule has 1 N–H and O–H groups in total. The molecule has 0 aliphatic rings. The first-order valence-corrected chi connectivity index (χ1v) is 9.40. The summed E-state index contributed by atoms with van der Waals surface area (Å²) in [6, 6.07) is 12.1. The first-order chi connectivity index (χ1) is 12.4. The number of nitrogens with one attached hydrogen (secondary N) is 1. The minimum Gasteiger partial charge on any atom is -0.495 e. The van der Waals surface area contributed by atoms with E-state index in [1.807, 2.05) is 0 Å². The number of hydrazone groups is 1. The van der Waals surface area contributed by atoms with Gasteiger partial charge in [-0.2, -0.15) is 5.10 Å². The second-order valence-corrected chi connectivity index (χ2v) is 7.21. The number of sulfone groups is 1. The van der Waals surface area contributed by atoms with Crippen LogP contribution in [-0.4, -0.2) is 33.1 Å². The molecule has 7 nitrogen and oxygen atoms in total. The van der Waals surface area contributed by atoms with Gasteiger partial charge in [-0.15, -0.1) is 0 Å². The van der Waals surface area contributed by atoms with Crippen LogP contribution in [0.25, 0.3) is 0 Å². The van der Waals surface area contributed by atoms with Gasteiger partial charge >= 0.3 is 5.97 Å². The molecule has 2 rings (SSSR count). The Hall–Kier alpha value is -2.58. The fraction of sp³-hybridized carbons (Fsp3) is 0.176. The van der Waals surface area contributed by atoms with Gasteiger partial charge in [-0.25, -0.2) is 13.2 Å². The Labute approximate surface area is 156 Å². The van der Waals surface area contributed by atoms with Gasteiger partial charge in [0.15, 0.2) is 0 Å². The summed E-state index contributed by atoms with van der Waals surface area (Å²) < 4.78 is 35.6. The zero-order valence-electron chi connectivity index (χ0n) is 14.1. The van der Waals surface area contributed by atoms with Crippen molar-refractivity contribution < 1.29 is 22.7 Å². The fourth-order valence-corrected chi connectivity index (χ4v) is 3.27. The van der Waals surface area contributed by atoms with Crippen LogP contribution in [-0.2, 0) is 19.4 Å². The predicted octanol–water partition coefficient (Wildman–Crippen LogP) is 3.11.